The van der Waals surface area contributed by atoms with Gasteiger partial charge in [-0.3, -0.25) is 4.79 Å². The van der Waals surface area contributed by atoms with Crippen LogP contribution in [0.25, 0.3) is 0 Å². The van der Waals surface area contributed by atoms with E-state index in [0.29, 0.717) is 0 Å². The van der Waals surface area contributed by atoms with Gasteiger partial charge in [0.1, 0.15) is 12.4 Å². The third-order valence-electron chi connectivity index (χ3n) is 3.82. The summed E-state index contributed by atoms with van der Waals surface area (Å²) in [6, 6.07) is 20.1. The number of carbonyl (C=O) groups is 1. The number of amides is 1. The van der Waals surface area contributed by atoms with Crippen LogP contribution in [0.1, 0.15) is 5.56 Å². The highest BCUT2D eigenvalue weighted by molar-refractivity contribution is 9.10. The zero-order valence-corrected chi connectivity index (χ0v) is 17.5. The molecule has 0 radical (unpaired) electrons. The fourth-order valence-electron chi connectivity index (χ4n) is 2.43. The topological polar surface area (TPSA) is 91.7 Å². The largest absolute Gasteiger partial charge is 0.271 e. The van der Waals surface area contributed by atoms with E-state index in [1.165, 1.54) is 30.6 Å². The van der Waals surface area contributed by atoms with Crippen LogP contribution in [0.2, 0.25) is 0 Å². The molecule has 1 amide bonds. The minimum Gasteiger partial charge on any atom is -0.271 e. The van der Waals surface area contributed by atoms with Crippen molar-refractivity contribution in [2.75, 3.05) is 10.8 Å². The van der Waals surface area contributed by atoms with Crippen molar-refractivity contribution in [2.24, 2.45) is 5.10 Å². The minimum atomic E-state index is -3.98. The van der Waals surface area contributed by atoms with E-state index < -0.39 is 22.5 Å². The molecule has 0 aliphatic rings. The number of anilines is 1. The summed E-state index contributed by atoms with van der Waals surface area (Å²) in [7, 11) is -3.98. The van der Waals surface area contributed by atoms with Gasteiger partial charge in [0.25, 0.3) is 15.9 Å². The SMILES string of the molecule is O=C(CN(c1ccccn1)S(=O)(=O)c1ccccc1)N/N=C\c1ccccc1Br. The fraction of sp³-hybridized carbons (Fsp3) is 0.0500. The van der Waals surface area contributed by atoms with E-state index in [-0.39, 0.29) is 10.7 Å². The molecule has 1 aromatic heterocycles. The molecule has 0 unspecified atom stereocenters. The highest BCUT2D eigenvalue weighted by Gasteiger charge is 2.27. The Kier molecular flexibility index (Phi) is 6.73. The number of carbonyl (C=O) groups excluding carboxylic acids is 1. The Morgan fingerprint density at radius 3 is 2.41 bits per heavy atom. The van der Waals surface area contributed by atoms with Crippen LogP contribution in [0.15, 0.2) is 93.5 Å². The molecule has 3 rings (SSSR count). The Labute approximate surface area is 177 Å². The van der Waals surface area contributed by atoms with E-state index in [1.807, 2.05) is 24.3 Å². The number of hydrogen-bond acceptors (Lipinski definition) is 5. The van der Waals surface area contributed by atoms with Gasteiger partial charge >= 0.3 is 0 Å². The van der Waals surface area contributed by atoms with E-state index >= 15 is 0 Å². The van der Waals surface area contributed by atoms with E-state index in [0.717, 1.165) is 14.3 Å². The first-order chi connectivity index (χ1) is 14.0. The van der Waals surface area contributed by atoms with Crippen LogP contribution < -0.4 is 9.73 Å². The predicted molar refractivity (Wildman–Crippen MR) is 115 cm³/mol. The number of hydrazone groups is 1. The van der Waals surface area contributed by atoms with Crippen molar-refractivity contribution in [3.63, 3.8) is 0 Å². The molecule has 0 saturated heterocycles. The van der Waals surface area contributed by atoms with Gasteiger partial charge in [-0.05, 0) is 30.3 Å². The average Bonchev–Trinajstić information content (AvgIpc) is 2.74. The lowest BCUT2D eigenvalue weighted by Crippen LogP contribution is -2.40. The van der Waals surface area contributed by atoms with Crippen molar-refractivity contribution in [3.8, 4) is 0 Å². The van der Waals surface area contributed by atoms with Gasteiger partial charge in [-0.25, -0.2) is 23.1 Å². The zero-order chi connectivity index (χ0) is 20.7. The minimum absolute atomic E-state index is 0.0650. The Morgan fingerprint density at radius 1 is 1.03 bits per heavy atom. The molecule has 2 aromatic carbocycles. The van der Waals surface area contributed by atoms with Crippen LogP contribution in [-0.2, 0) is 14.8 Å². The summed E-state index contributed by atoms with van der Waals surface area (Å²) in [6.07, 6.45) is 2.94. The summed E-state index contributed by atoms with van der Waals surface area (Å²) in [5, 5.41) is 3.91. The lowest BCUT2D eigenvalue weighted by Gasteiger charge is -2.22. The normalized spacial score (nSPS) is 11.3. The Hall–Kier alpha value is -3.04. The number of halogens is 1. The van der Waals surface area contributed by atoms with Gasteiger partial charge in [0.15, 0.2) is 0 Å². The van der Waals surface area contributed by atoms with Gasteiger partial charge in [-0.15, -0.1) is 0 Å². The van der Waals surface area contributed by atoms with Gasteiger partial charge in [0, 0.05) is 16.2 Å². The standard InChI is InChI=1S/C20H17BrN4O3S/c21-18-11-5-4-8-16(18)14-23-24-20(26)15-25(19-12-6-7-13-22-19)29(27,28)17-9-2-1-3-10-17/h1-14H,15H2,(H,24,26)/b23-14-. The molecule has 1 N–H and O–H groups in total. The molecule has 0 aliphatic carbocycles. The lowest BCUT2D eigenvalue weighted by atomic mass is 10.2. The Bertz CT molecular complexity index is 1110. The maximum atomic E-state index is 13.1. The molecule has 148 valence electrons. The van der Waals surface area contributed by atoms with Crippen molar-refractivity contribution in [1.29, 1.82) is 0 Å². The van der Waals surface area contributed by atoms with Gasteiger partial charge < -0.3 is 0 Å². The van der Waals surface area contributed by atoms with Crippen LogP contribution in [0.5, 0.6) is 0 Å². The first-order valence-corrected chi connectivity index (χ1v) is 10.8. The molecule has 3 aromatic rings. The van der Waals surface area contributed by atoms with Crippen molar-refractivity contribution in [1.82, 2.24) is 10.4 Å². The summed E-state index contributed by atoms with van der Waals surface area (Å²) in [4.78, 5) is 16.6. The molecule has 29 heavy (non-hydrogen) atoms. The third kappa shape index (κ3) is 5.27. The second kappa shape index (κ2) is 9.44. The first kappa shape index (κ1) is 20.7. The van der Waals surface area contributed by atoms with Crippen molar-refractivity contribution in [3.05, 3.63) is 89.0 Å². The van der Waals surface area contributed by atoms with Crippen molar-refractivity contribution in [2.45, 2.75) is 4.90 Å². The highest BCUT2D eigenvalue weighted by atomic mass is 79.9. The smallest absolute Gasteiger partial charge is 0.265 e. The summed E-state index contributed by atoms with van der Waals surface area (Å²) in [5.41, 5.74) is 3.13. The van der Waals surface area contributed by atoms with Gasteiger partial charge in [0.05, 0.1) is 11.1 Å². The maximum absolute atomic E-state index is 13.1. The molecular formula is C20H17BrN4O3S. The Morgan fingerprint density at radius 2 is 1.72 bits per heavy atom. The van der Waals surface area contributed by atoms with Crippen LogP contribution in [0, 0.1) is 0 Å². The molecule has 0 fully saturated rings. The first-order valence-electron chi connectivity index (χ1n) is 8.54. The molecule has 0 saturated carbocycles. The molecule has 0 bridgehead atoms. The lowest BCUT2D eigenvalue weighted by molar-refractivity contribution is -0.119. The summed E-state index contributed by atoms with van der Waals surface area (Å²) in [6.45, 7) is -0.471. The summed E-state index contributed by atoms with van der Waals surface area (Å²) >= 11 is 3.39. The van der Waals surface area contributed by atoms with Crippen LogP contribution in [0.4, 0.5) is 5.82 Å². The number of nitrogens with one attached hydrogen (secondary N) is 1. The number of rotatable bonds is 7. The second-order valence-electron chi connectivity index (χ2n) is 5.83. The molecule has 0 spiro atoms. The zero-order valence-electron chi connectivity index (χ0n) is 15.1. The number of sulfonamides is 1. The monoisotopic (exact) mass is 472 g/mol. The number of pyridine rings is 1. The van der Waals surface area contributed by atoms with Crippen LogP contribution in [-0.4, -0.2) is 32.1 Å². The number of hydrogen-bond donors (Lipinski definition) is 1. The van der Waals surface area contributed by atoms with Crippen LogP contribution in [0.3, 0.4) is 0 Å². The molecular weight excluding hydrogens is 456 g/mol. The van der Waals surface area contributed by atoms with E-state index in [1.54, 1.807) is 30.3 Å². The van der Waals surface area contributed by atoms with Crippen molar-refractivity contribution >= 4 is 43.9 Å². The van der Waals surface area contributed by atoms with E-state index in [9.17, 15) is 13.2 Å². The number of aromatic nitrogens is 1. The quantitative estimate of drug-likeness (QED) is 0.422. The van der Waals surface area contributed by atoms with Gasteiger partial charge in [0.2, 0.25) is 0 Å². The van der Waals surface area contributed by atoms with E-state index in [2.05, 4.69) is 31.4 Å². The second-order valence-corrected chi connectivity index (χ2v) is 8.54. The summed E-state index contributed by atoms with van der Waals surface area (Å²) < 4.78 is 27.9. The number of benzene rings is 2. The molecule has 0 aliphatic heterocycles. The predicted octanol–water partition coefficient (Wildman–Crippen LogP) is 3.19. The van der Waals surface area contributed by atoms with Gasteiger partial charge in [-0.2, -0.15) is 5.10 Å². The maximum Gasteiger partial charge on any atom is 0.265 e. The number of nitrogens with zero attached hydrogens (tertiary/aromatic N) is 3. The molecule has 7 nitrogen and oxygen atoms in total. The Balaban J connectivity index is 1.81. The fourth-order valence-corrected chi connectivity index (χ4v) is 4.21. The van der Waals surface area contributed by atoms with Crippen LogP contribution >= 0.6 is 15.9 Å². The van der Waals surface area contributed by atoms with E-state index in [4.69, 9.17) is 0 Å². The third-order valence-corrected chi connectivity index (χ3v) is 6.31. The molecule has 0 atom stereocenters. The molecule has 9 heteroatoms. The summed E-state index contributed by atoms with van der Waals surface area (Å²) in [5.74, 6) is -0.459. The van der Waals surface area contributed by atoms with Gasteiger partial charge in [-0.1, -0.05) is 58.4 Å². The average molecular weight is 473 g/mol. The molecule has 1 heterocycles. The highest BCUT2D eigenvalue weighted by Crippen LogP contribution is 2.21. The van der Waals surface area contributed by atoms with Crippen molar-refractivity contribution < 1.29 is 13.2 Å².